The highest BCUT2D eigenvalue weighted by molar-refractivity contribution is 6.32. The van der Waals surface area contributed by atoms with Gasteiger partial charge in [0, 0.05) is 31.3 Å². The van der Waals surface area contributed by atoms with Crippen LogP contribution in [-0.4, -0.2) is 83.3 Å². The molecule has 5 N–H and O–H groups in total. The Balaban J connectivity index is 0.00000324. The van der Waals surface area contributed by atoms with Crippen LogP contribution in [0.2, 0.25) is 0 Å². The van der Waals surface area contributed by atoms with Crippen molar-refractivity contribution in [1.82, 2.24) is 4.90 Å². The number of ketones is 3. The number of primary amides is 1. The number of hydrogen-bond acceptors (Lipinski definition) is 9. The van der Waals surface area contributed by atoms with Crippen molar-refractivity contribution in [2.24, 2.45) is 23.5 Å². The summed E-state index contributed by atoms with van der Waals surface area (Å²) in [6.07, 6.45) is 0.284. The Hall–Kier alpha value is -2.95. The highest BCUT2D eigenvalue weighted by Gasteiger charge is 2.67. The van der Waals surface area contributed by atoms with Crippen LogP contribution < -0.4 is 10.6 Å². The monoisotopic (exact) mass is 493 g/mol. The first kappa shape index (κ1) is 25.7. The number of nitrogens with two attached hydrogens (primary N) is 1. The standard InChI is InChI=1S/C23H27N3O7.ClH/c1-25(2)12-5-6-13(27)15-10(12)7-9-8-11-17(26(3)4)19(29)16(22(24)32)21(31)23(11,33)20(30)14(9)18(15)28;/h5-6,9,11,16-17,27-28,33H,7-8H2,1-4H3,(H2,24,32);1H/t9-,11-,16?,17-,23-;/m0./s1. The van der Waals surface area contributed by atoms with Gasteiger partial charge in [-0.05, 0) is 50.6 Å². The Morgan fingerprint density at radius 3 is 2.26 bits per heavy atom. The summed E-state index contributed by atoms with van der Waals surface area (Å²) in [4.78, 5) is 55.1. The third kappa shape index (κ3) is 3.24. The molecule has 1 aromatic rings. The number of benzene rings is 1. The molecule has 0 spiro atoms. The summed E-state index contributed by atoms with van der Waals surface area (Å²) in [7, 11) is 6.72. The van der Waals surface area contributed by atoms with Crippen LogP contribution in [0.1, 0.15) is 17.5 Å². The Morgan fingerprint density at radius 1 is 1.12 bits per heavy atom. The van der Waals surface area contributed by atoms with Gasteiger partial charge in [-0.25, -0.2) is 0 Å². The maximum Gasteiger partial charge on any atom is 0.235 e. The number of anilines is 1. The normalized spacial score (nSPS) is 30.4. The van der Waals surface area contributed by atoms with Gasteiger partial charge in [0.15, 0.2) is 23.1 Å². The number of aliphatic hydroxyl groups is 2. The van der Waals surface area contributed by atoms with E-state index in [0.717, 1.165) is 5.69 Å². The van der Waals surface area contributed by atoms with Crippen molar-refractivity contribution in [2.45, 2.75) is 24.5 Å². The quantitative estimate of drug-likeness (QED) is 0.418. The van der Waals surface area contributed by atoms with Gasteiger partial charge >= 0.3 is 0 Å². The fraction of sp³-hybridized carbons (Fsp3) is 0.478. The summed E-state index contributed by atoms with van der Waals surface area (Å²) < 4.78 is 0. The largest absolute Gasteiger partial charge is 0.507 e. The zero-order valence-electron chi connectivity index (χ0n) is 19.2. The summed E-state index contributed by atoms with van der Waals surface area (Å²) in [6, 6.07) is 1.99. The van der Waals surface area contributed by atoms with Crippen LogP contribution in [0, 0.1) is 17.8 Å². The first-order valence-electron chi connectivity index (χ1n) is 10.6. The molecule has 0 saturated heterocycles. The number of likely N-dealkylation sites (N-methyl/N-ethyl adjacent to an activating group) is 1. The van der Waals surface area contributed by atoms with E-state index in [1.165, 1.54) is 11.0 Å². The van der Waals surface area contributed by atoms with Gasteiger partial charge in [0.05, 0.1) is 11.6 Å². The summed E-state index contributed by atoms with van der Waals surface area (Å²) in [5.74, 6) is -8.76. The van der Waals surface area contributed by atoms with Gasteiger partial charge in [-0.1, -0.05) is 0 Å². The van der Waals surface area contributed by atoms with Gasteiger partial charge in [-0.3, -0.25) is 24.1 Å². The lowest BCUT2D eigenvalue weighted by Crippen LogP contribution is -2.72. The number of nitrogens with zero attached hydrogens (tertiary/aromatic N) is 2. The highest BCUT2D eigenvalue weighted by Crippen LogP contribution is 2.52. The molecule has 0 radical (unpaired) electrons. The van der Waals surface area contributed by atoms with Crippen LogP contribution in [-0.2, 0) is 25.6 Å². The molecule has 2 saturated carbocycles. The lowest BCUT2D eigenvalue weighted by molar-refractivity contribution is -0.175. The molecule has 1 amide bonds. The van der Waals surface area contributed by atoms with Crippen LogP contribution in [0.15, 0.2) is 17.7 Å². The number of Topliss-reactive ketones (excluding diaryl/α,β-unsaturated/α-hetero) is 3. The van der Waals surface area contributed by atoms with E-state index in [1.54, 1.807) is 34.3 Å². The lowest BCUT2D eigenvalue weighted by Gasteiger charge is -2.51. The average Bonchev–Trinajstić information content (AvgIpc) is 2.70. The molecular formula is C23H28ClN3O7. The van der Waals surface area contributed by atoms with E-state index in [0.29, 0.717) is 5.56 Å². The topological polar surface area (TPSA) is 161 Å². The minimum absolute atomic E-state index is 0. The molecule has 0 aliphatic heterocycles. The van der Waals surface area contributed by atoms with Crippen molar-refractivity contribution in [3.05, 3.63) is 28.8 Å². The van der Waals surface area contributed by atoms with E-state index < -0.39 is 58.4 Å². The third-order valence-electron chi connectivity index (χ3n) is 7.20. The fourth-order valence-electron chi connectivity index (χ4n) is 5.79. The van der Waals surface area contributed by atoms with E-state index >= 15 is 0 Å². The number of carbonyl (C=O) groups is 4. The van der Waals surface area contributed by atoms with Gasteiger partial charge in [0.2, 0.25) is 11.7 Å². The Kier molecular flexibility index (Phi) is 6.32. The summed E-state index contributed by atoms with van der Waals surface area (Å²) >= 11 is 0. The summed E-state index contributed by atoms with van der Waals surface area (Å²) in [5.41, 5.74) is 3.84. The molecule has 2 fully saturated rings. The number of aliphatic hydroxyl groups excluding tert-OH is 1. The van der Waals surface area contributed by atoms with Crippen molar-refractivity contribution in [1.29, 1.82) is 0 Å². The smallest absolute Gasteiger partial charge is 0.235 e. The van der Waals surface area contributed by atoms with Gasteiger partial charge in [-0.2, -0.15) is 0 Å². The molecular weight excluding hydrogens is 466 g/mol. The molecule has 11 heteroatoms. The maximum atomic E-state index is 13.7. The van der Waals surface area contributed by atoms with E-state index in [-0.39, 0.29) is 42.1 Å². The van der Waals surface area contributed by atoms with Gasteiger partial charge in [0.25, 0.3) is 0 Å². The van der Waals surface area contributed by atoms with Gasteiger partial charge in [0.1, 0.15) is 11.5 Å². The number of phenolic OH excluding ortho intramolecular Hbond substituents is 1. The molecule has 3 aliphatic carbocycles. The molecule has 0 aromatic heterocycles. The number of carbonyl (C=O) groups excluding carboxylic acids is 4. The van der Waals surface area contributed by atoms with E-state index in [2.05, 4.69) is 0 Å². The molecule has 1 unspecified atom stereocenters. The minimum Gasteiger partial charge on any atom is -0.507 e. The Morgan fingerprint density at radius 2 is 1.74 bits per heavy atom. The van der Waals surface area contributed by atoms with Crippen molar-refractivity contribution in [2.75, 3.05) is 33.1 Å². The lowest BCUT2D eigenvalue weighted by atomic mass is 9.55. The Labute approximate surface area is 202 Å². The molecule has 5 atom stereocenters. The molecule has 10 nitrogen and oxygen atoms in total. The van der Waals surface area contributed by atoms with Gasteiger partial charge in [-0.15, -0.1) is 12.4 Å². The van der Waals surface area contributed by atoms with Crippen LogP contribution in [0.4, 0.5) is 5.69 Å². The van der Waals surface area contributed by atoms with Crippen LogP contribution in [0.5, 0.6) is 5.75 Å². The fourth-order valence-corrected chi connectivity index (χ4v) is 5.79. The zero-order valence-corrected chi connectivity index (χ0v) is 20.0. The zero-order chi connectivity index (χ0) is 24.6. The number of aromatic hydroxyl groups is 1. The minimum atomic E-state index is -2.70. The molecule has 3 aliphatic rings. The number of rotatable bonds is 3. The molecule has 4 rings (SSSR count). The first-order chi connectivity index (χ1) is 15.3. The number of halogens is 1. The molecule has 0 heterocycles. The third-order valence-corrected chi connectivity index (χ3v) is 7.20. The molecule has 34 heavy (non-hydrogen) atoms. The van der Waals surface area contributed by atoms with Crippen LogP contribution in [0.3, 0.4) is 0 Å². The van der Waals surface area contributed by atoms with Gasteiger partial charge < -0.3 is 26.0 Å². The Bertz CT molecular complexity index is 1150. The number of amides is 1. The van der Waals surface area contributed by atoms with Crippen molar-refractivity contribution < 1.29 is 34.5 Å². The summed E-state index contributed by atoms with van der Waals surface area (Å²) in [5, 5.41) is 33.1. The highest BCUT2D eigenvalue weighted by atomic mass is 35.5. The maximum absolute atomic E-state index is 13.7. The van der Waals surface area contributed by atoms with Crippen LogP contribution in [0.25, 0.3) is 5.76 Å². The summed E-state index contributed by atoms with van der Waals surface area (Å²) in [6.45, 7) is 0. The van der Waals surface area contributed by atoms with Crippen LogP contribution >= 0.6 is 12.4 Å². The van der Waals surface area contributed by atoms with E-state index in [9.17, 15) is 34.5 Å². The van der Waals surface area contributed by atoms with E-state index in [4.69, 9.17) is 5.73 Å². The first-order valence-corrected chi connectivity index (χ1v) is 10.6. The van der Waals surface area contributed by atoms with Crippen molar-refractivity contribution >= 4 is 47.1 Å². The predicted octanol–water partition coefficient (Wildman–Crippen LogP) is -0.175. The SMILES string of the molecule is CN(C)c1ccc(O)c2c1C[C@H]1C[C@H]3[C@H](N(C)C)C(=O)C(C(N)=O)C(=O)[C@@]3(O)C(=O)C1=C2O.Cl. The van der Waals surface area contributed by atoms with E-state index in [1.807, 2.05) is 4.90 Å². The molecule has 0 bridgehead atoms. The predicted molar refractivity (Wildman–Crippen MR) is 125 cm³/mol. The second-order valence-electron chi connectivity index (χ2n) is 9.46. The van der Waals surface area contributed by atoms with Crippen molar-refractivity contribution in [3.63, 3.8) is 0 Å². The number of phenols is 1. The number of fused-ring (bicyclic) bond motifs is 3. The average molecular weight is 494 g/mol. The molecule has 184 valence electrons. The van der Waals surface area contributed by atoms with Crippen molar-refractivity contribution in [3.8, 4) is 5.75 Å². The molecule has 1 aromatic carbocycles. The number of hydrogen-bond donors (Lipinski definition) is 4. The second kappa shape index (κ2) is 8.37. The second-order valence-corrected chi connectivity index (χ2v) is 9.46.